The number of hydrogen-bond acceptors (Lipinski definition) is 6. The summed E-state index contributed by atoms with van der Waals surface area (Å²) in [6, 6.07) is 6.31. The van der Waals surface area contributed by atoms with E-state index in [0.29, 0.717) is 5.88 Å². The Balaban J connectivity index is 1.66. The topological polar surface area (TPSA) is 94.4 Å². The molecule has 2 heterocycles. The summed E-state index contributed by atoms with van der Waals surface area (Å²) in [5.41, 5.74) is -0.310. The van der Waals surface area contributed by atoms with Gasteiger partial charge in [-0.3, -0.25) is 14.9 Å². The summed E-state index contributed by atoms with van der Waals surface area (Å²) in [4.78, 5) is 26.2. The van der Waals surface area contributed by atoms with Crippen molar-refractivity contribution in [2.45, 2.75) is 12.5 Å². The van der Waals surface area contributed by atoms with Crippen molar-refractivity contribution in [1.82, 2.24) is 4.98 Å². The zero-order valence-electron chi connectivity index (χ0n) is 13.0. The minimum Gasteiger partial charge on any atom is -0.473 e. The van der Waals surface area contributed by atoms with E-state index in [9.17, 15) is 19.3 Å². The van der Waals surface area contributed by atoms with Crippen LogP contribution in [0.3, 0.4) is 0 Å². The molecule has 0 spiro atoms. The number of carbonyl (C=O) groups excluding carboxylic acids is 1. The molecule has 0 bridgehead atoms. The molecular weight excluding hydrogens is 349 g/mol. The van der Waals surface area contributed by atoms with Crippen molar-refractivity contribution >= 4 is 29.0 Å². The Hall–Kier alpha value is -2.68. The largest absolute Gasteiger partial charge is 0.473 e. The number of pyridine rings is 1. The number of halogens is 1. The number of thioether (sulfide) groups is 1. The molecule has 0 saturated carbocycles. The summed E-state index contributed by atoms with van der Waals surface area (Å²) in [7, 11) is 0. The molecule has 25 heavy (non-hydrogen) atoms. The zero-order chi connectivity index (χ0) is 17.8. The van der Waals surface area contributed by atoms with Gasteiger partial charge in [-0.05, 0) is 30.4 Å². The van der Waals surface area contributed by atoms with Gasteiger partial charge >= 0.3 is 5.69 Å². The van der Waals surface area contributed by atoms with Crippen LogP contribution in [-0.2, 0) is 0 Å². The first-order valence-corrected chi connectivity index (χ1v) is 8.64. The third-order valence-corrected chi connectivity index (χ3v) is 4.71. The molecular formula is C16H14FN3O4S. The molecule has 1 fully saturated rings. The molecule has 1 aliphatic rings. The van der Waals surface area contributed by atoms with Crippen LogP contribution < -0.4 is 10.1 Å². The molecule has 1 saturated heterocycles. The molecule has 0 radical (unpaired) electrons. The SMILES string of the molecule is O=C(Nc1ccc(F)c([N+](=O)[O-])c1)c1ccc(OC2CCSC2)nc1. The van der Waals surface area contributed by atoms with Gasteiger partial charge < -0.3 is 10.1 Å². The third kappa shape index (κ3) is 4.24. The Kier molecular flexibility index (Phi) is 5.13. The van der Waals surface area contributed by atoms with Gasteiger partial charge in [0.05, 0.1) is 10.5 Å². The van der Waals surface area contributed by atoms with Gasteiger partial charge in [-0.1, -0.05) is 0 Å². The average molecular weight is 363 g/mol. The van der Waals surface area contributed by atoms with E-state index in [1.807, 2.05) is 11.8 Å². The molecule has 1 aromatic carbocycles. The lowest BCUT2D eigenvalue weighted by Gasteiger charge is -2.11. The second-order valence-corrected chi connectivity index (χ2v) is 6.52. The maximum absolute atomic E-state index is 13.3. The van der Waals surface area contributed by atoms with Crippen molar-refractivity contribution < 1.29 is 18.8 Å². The van der Waals surface area contributed by atoms with E-state index in [2.05, 4.69) is 10.3 Å². The molecule has 1 atom stereocenters. The zero-order valence-corrected chi connectivity index (χ0v) is 13.8. The summed E-state index contributed by atoms with van der Waals surface area (Å²) >= 11 is 1.82. The molecule has 1 N–H and O–H groups in total. The number of benzene rings is 1. The fourth-order valence-corrected chi connectivity index (χ4v) is 3.39. The Bertz CT molecular complexity index is 794. The number of amides is 1. The summed E-state index contributed by atoms with van der Waals surface area (Å²) < 4.78 is 19.0. The van der Waals surface area contributed by atoms with E-state index < -0.39 is 22.3 Å². The van der Waals surface area contributed by atoms with E-state index in [-0.39, 0.29) is 17.4 Å². The first-order chi connectivity index (χ1) is 12.0. The van der Waals surface area contributed by atoms with Gasteiger partial charge in [0.2, 0.25) is 11.7 Å². The van der Waals surface area contributed by atoms with Crippen molar-refractivity contribution in [2.24, 2.45) is 0 Å². The molecule has 9 heteroatoms. The minimum atomic E-state index is -0.962. The number of hydrogen-bond donors (Lipinski definition) is 1. The predicted molar refractivity (Wildman–Crippen MR) is 91.6 cm³/mol. The van der Waals surface area contributed by atoms with Gasteiger partial charge in [-0.25, -0.2) is 4.98 Å². The van der Waals surface area contributed by atoms with Gasteiger partial charge in [0.25, 0.3) is 5.91 Å². The number of ether oxygens (including phenoxy) is 1. The van der Waals surface area contributed by atoms with Crippen molar-refractivity contribution in [1.29, 1.82) is 0 Å². The van der Waals surface area contributed by atoms with Crippen LogP contribution in [0.4, 0.5) is 15.8 Å². The van der Waals surface area contributed by atoms with Gasteiger partial charge in [0, 0.05) is 29.8 Å². The number of carbonyl (C=O) groups is 1. The number of rotatable bonds is 5. The Morgan fingerprint density at radius 3 is 2.88 bits per heavy atom. The van der Waals surface area contributed by atoms with Crippen LogP contribution in [0.25, 0.3) is 0 Å². The smallest absolute Gasteiger partial charge is 0.306 e. The van der Waals surface area contributed by atoms with E-state index in [1.54, 1.807) is 12.1 Å². The lowest BCUT2D eigenvalue weighted by molar-refractivity contribution is -0.387. The standard InChI is InChI=1S/C16H14FN3O4S/c17-13-3-2-11(7-14(13)20(22)23)19-16(21)10-1-4-15(18-8-10)24-12-5-6-25-9-12/h1-4,7-8,12H,5-6,9H2,(H,19,21). The summed E-state index contributed by atoms with van der Waals surface area (Å²) in [6.07, 6.45) is 2.47. The van der Waals surface area contributed by atoms with Gasteiger partial charge in [-0.2, -0.15) is 16.2 Å². The fourth-order valence-electron chi connectivity index (χ4n) is 2.29. The number of aromatic nitrogens is 1. The molecule has 0 aliphatic carbocycles. The predicted octanol–water partition coefficient (Wildman–Crippen LogP) is 3.27. The van der Waals surface area contributed by atoms with Crippen molar-refractivity contribution in [3.63, 3.8) is 0 Å². The van der Waals surface area contributed by atoms with Crippen LogP contribution in [0.15, 0.2) is 36.5 Å². The number of nitrogens with one attached hydrogen (secondary N) is 1. The Labute approximate surface area is 146 Å². The van der Waals surface area contributed by atoms with Crippen molar-refractivity contribution in [3.8, 4) is 5.88 Å². The minimum absolute atomic E-state index is 0.126. The fraction of sp³-hybridized carbons (Fsp3) is 0.250. The molecule has 130 valence electrons. The summed E-state index contributed by atoms with van der Waals surface area (Å²) in [5.74, 6) is 0.969. The molecule has 2 aromatic rings. The highest BCUT2D eigenvalue weighted by molar-refractivity contribution is 7.99. The Morgan fingerprint density at radius 1 is 1.40 bits per heavy atom. The normalized spacial score (nSPS) is 16.4. The molecule has 7 nitrogen and oxygen atoms in total. The van der Waals surface area contributed by atoms with Gasteiger partial charge in [0.15, 0.2) is 0 Å². The summed E-state index contributed by atoms with van der Waals surface area (Å²) in [6.45, 7) is 0. The number of anilines is 1. The monoisotopic (exact) mass is 363 g/mol. The highest BCUT2D eigenvalue weighted by Crippen LogP contribution is 2.23. The maximum atomic E-state index is 13.3. The quantitative estimate of drug-likeness (QED) is 0.647. The second-order valence-electron chi connectivity index (χ2n) is 5.37. The highest BCUT2D eigenvalue weighted by Gasteiger charge is 2.18. The first-order valence-electron chi connectivity index (χ1n) is 7.48. The average Bonchev–Trinajstić information content (AvgIpc) is 3.10. The van der Waals surface area contributed by atoms with Crippen LogP contribution in [0.2, 0.25) is 0 Å². The molecule has 1 unspecified atom stereocenters. The lowest BCUT2D eigenvalue weighted by atomic mass is 10.2. The van der Waals surface area contributed by atoms with E-state index in [0.717, 1.165) is 30.1 Å². The number of nitro groups is 1. The maximum Gasteiger partial charge on any atom is 0.306 e. The first kappa shape index (κ1) is 17.2. The molecule has 1 amide bonds. The van der Waals surface area contributed by atoms with Crippen LogP contribution >= 0.6 is 11.8 Å². The van der Waals surface area contributed by atoms with Crippen molar-refractivity contribution in [2.75, 3.05) is 16.8 Å². The van der Waals surface area contributed by atoms with E-state index >= 15 is 0 Å². The van der Waals surface area contributed by atoms with Gasteiger partial charge in [0.1, 0.15) is 6.10 Å². The van der Waals surface area contributed by atoms with Crippen LogP contribution in [0.1, 0.15) is 16.8 Å². The Morgan fingerprint density at radius 2 is 2.24 bits per heavy atom. The van der Waals surface area contributed by atoms with Crippen LogP contribution in [0.5, 0.6) is 5.88 Å². The highest BCUT2D eigenvalue weighted by atomic mass is 32.2. The van der Waals surface area contributed by atoms with E-state index in [4.69, 9.17) is 4.74 Å². The van der Waals surface area contributed by atoms with Crippen molar-refractivity contribution in [3.05, 3.63) is 58.0 Å². The lowest BCUT2D eigenvalue weighted by Crippen LogP contribution is -2.16. The number of nitro benzene ring substituents is 1. The summed E-state index contributed by atoms with van der Waals surface area (Å²) in [5, 5.41) is 13.2. The van der Waals surface area contributed by atoms with Crippen LogP contribution in [-0.4, -0.2) is 33.4 Å². The van der Waals surface area contributed by atoms with E-state index in [1.165, 1.54) is 12.3 Å². The molecule has 1 aliphatic heterocycles. The second kappa shape index (κ2) is 7.47. The molecule has 3 rings (SSSR count). The molecule has 1 aromatic heterocycles. The number of nitrogens with zero attached hydrogens (tertiary/aromatic N) is 2. The third-order valence-electron chi connectivity index (χ3n) is 3.57. The van der Waals surface area contributed by atoms with Crippen LogP contribution in [0, 0.1) is 15.9 Å². The van der Waals surface area contributed by atoms with Gasteiger partial charge in [-0.15, -0.1) is 0 Å².